The highest BCUT2D eigenvalue weighted by molar-refractivity contribution is 7.21. The van der Waals surface area contributed by atoms with Crippen molar-refractivity contribution in [3.8, 4) is 21.9 Å². The number of rotatable bonds is 1. The van der Waals surface area contributed by atoms with Crippen LogP contribution in [-0.2, 0) is 0 Å². The van der Waals surface area contributed by atoms with E-state index in [1.165, 1.54) is 9.75 Å². The topological polar surface area (TPSA) is 72.3 Å². The number of benzene rings is 2. The van der Waals surface area contributed by atoms with E-state index < -0.39 is 0 Å². The van der Waals surface area contributed by atoms with Crippen LogP contribution >= 0.6 is 22.7 Å². The highest BCUT2D eigenvalue weighted by atomic mass is 32.1. The first-order chi connectivity index (χ1) is 15.8. The molecule has 148 valence electrons. The number of nitrogens with zero attached hydrogens (tertiary/aromatic N) is 4. The molecule has 32 heavy (non-hydrogen) atoms. The maximum atomic E-state index is 9.61. The fourth-order valence-electron chi connectivity index (χ4n) is 4.32. The minimum Gasteiger partial charge on any atom is -0.192 e. The summed E-state index contributed by atoms with van der Waals surface area (Å²) in [7, 11) is 0. The molecule has 0 unspecified atom stereocenters. The quantitative estimate of drug-likeness (QED) is 0.222. The van der Waals surface area contributed by atoms with Gasteiger partial charge in [-0.3, -0.25) is 0 Å². The fraction of sp³-hybridized carbons (Fsp3) is 0. The maximum absolute atomic E-state index is 9.61. The fourth-order valence-corrected chi connectivity index (χ4v) is 6.30. The molecular weight excluding hydrogens is 432 g/mol. The monoisotopic (exact) mass is 444 g/mol. The molecule has 0 bridgehead atoms. The van der Waals surface area contributed by atoms with E-state index in [2.05, 4.69) is 35.0 Å². The molecule has 6 rings (SSSR count). The number of hydrogen-bond donors (Lipinski definition) is 0. The lowest BCUT2D eigenvalue weighted by molar-refractivity contribution is 1.22. The second-order valence-electron chi connectivity index (χ2n) is 7.29. The maximum Gasteiger partial charge on any atom is 0.138 e. The van der Waals surface area contributed by atoms with Crippen LogP contribution in [0.3, 0.4) is 0 Å². The lowest BCUT2D eigenvalue weighted by Gasteiger charge is -2.23. The Morgan fingerprint density at radius 1 is 0.594 bits per heavy atom. The first-order valence-corrected chi connectivity index (χ1v) is 11.6. The summed E-state index contributed by atoms with van der Waals surface area (Å²) in [6.45, 7) is 0. The molecular formula is C26H12N4S2. The Kier molecular flexibility index (Phi) is 4.22. The lowest BCUT2D eigenvalue weighted by atomic mass is 9.79. The van der Waals surface area contributed by atoms with Crippen molar-refractivity contribution >= 4 is 39.7 Å². The zero-order chi connectivity index (χ0) is 21.7. The lowest BCUT2D eigenvalue weighted by Crippen LogP contribution is -2.16. The van der Waals surface area contributed by atoms with Crippen molar-refractivity contribution in [2.75, 3.05) is 0 Å². The van der Waals surface area contributed by atoms with Gasteiger partial charge in [0.1, 0.15) is 29.1 Å². The summed E-state index contributed by atoms with van der Waals surface area (Å²) in [5, 5.41) is 32.9. The van der Waals surface area contributed by atoms with E-state index in [1.54, 1.807) is 22.7 Å². The highest BCUT2D eigenvalue weighted by Gasteiger charge is 2.30. The Hall–Kier alpha value is -4.10. The predicted octanol–water partition coefficient (Wildman–Crippen LogP) is 6.24. The minimum absolute atomic E-state index is 0.0943. The molecule has 0 saturated heterocycles. The Morgan fingerprint density at radius 3 is 1.50 bits per heavy atom. The smallest absolute Gasteiger partial charge is 0.138 e. The van der Waals surface area contributed by atoms with Crippen LogP contribution in [0.4, 0.5) is 0 Å². The third-order valence-corrected chi connectivity index (χ3v) is 7.67. The van der Waals surface area contributed by atoms with Crippen molar-refractivity contribution in [3.05, 3.63) is 110 Å². The second kappa shape index (κ2) is 7.25. The minimum atomic E-state index is 0.0943. The van der Waals surface area contributed by atoms with Gasteiger partial charge in [0.25, 0.3) is 0 Å². The summed E-state index contributed by atoms with van der Waals surface area (Å²) in [6.07, 6.45) is 0. The number of hydrogen-bond acceptors (Lipinski definition) is 6. The number of allylic oxidation sites excluding steroid dienone is 1. The van der Waals surface area contributed by atoms with Crippen molar-refractivity contribution < 1.29 is 0 Å². The van der Waals surface area contributed by atoms with E-state index in [0.29, 0.717) is 5.57 Å². The molecule has 0 N–H and O–H groups in total. The SMILES string of the molecule is N#CC(C#N)=C1c2ccccc2C(=NN=C2c3ccsc3-c3sccc32)c2ccccc21. The Labute approximate surface area is 192 Å². The zero-order valence-electron chi connectivity index (χ0n) is 16.5. The molecule has 0 spiro atoms. The third-order valence-electron chi connectivity index (χ3n) is 5.67. The van der Waals surface area contributed by atoms with Gasteiger partial charge in [-0.25, -0.2) is 0 Å². The summed E-state index contributed by atoms with van der Waals surface area (Å²) in [5.74, 6) is 0. The van der Waals surface area contributed by atoms with Crippen LogP contribution in [-0.4, -0.2) is 11.4 Å². The van der Waals surface area contributed by atoms with E-state index in [4.69, 9.17) is 10.2 Å². The van der Waals surface area contributed by atoms with Crippen molar-refractivity contribution in [2.24, 2.45) is 10.2 Å². The van der Waals surface area contributed by atoms with Crippen LogP contribution in [0.15, 0.2) is 87.2 Å². The average molecular weight is 445 g/mol. The molecule has 2 aliphatic carbocycles. The summed E-state index contributed by atoms with van der Waals surface area (Å²) in [6, 6.07) is 23.8. The third kappa shape index (κ3) is 2.58. The molecule has 6 heteroatoms. The van der Waals surface area contributed by atoms with Crippen molar-refractivity contribution in [3.63, 3.8) is 0 Å². The molecule has 2 aromatic heterocycles. The number of nitriles is 2. The molecule has 2 aliphatic rings. The van der Waals surface area contributed by atoms with Crippen LogP contribution < -0.4 is 0 Å². The largest absolute Gasteiger partial charge is 0.192 e. The van der Waals surface area contributed by atoms with Crippen LogP contribution in [0.5, 0.6) is 0 Å². The summed E-state index contributed by atoms with van der Waals surface area (Å²) in [4.78, 5) is 2.49. The molecule has 2 aromatic carbocycles. The van der Waals surface area contributed by atoms with Crippen molar-refractivity contribution in [1.82, 2.24) is 0 Å². The second-order valence-corrected chi connectivity index (χ2v) is 9.12. The zero-order valence-corrected chi connectivity index (χ0v) is 18.2. The van der Waals surface area contributed by atoms with Gasteiger partial charge >= 0.3 is 0 Å². The molecule has 0 saturated carbocycles. The van der Waals surface area contributed by atoms with Crippen molar-refractivity contribution in [2.45, 2.75) is 0 Å². The summed E-state index contributed by atoms with van der Waals surface area (Å²) >= 11 is 3.45. The van der Waals surface area contributed by atoms with Crippen LogP contribution in [0.25, 0.3) is 15.3 Å². The van der Waals surface area contributed by atoms with Gasteiger partial charge in [-0.1, -0.05) is 48.5 Å². The van der Waals surface area contributed by atoms with Gasteiger partial charge in [0.15, 0.2) is 0 Å². The standard InChI is InChI=1S/C26H12N4S2/c27-13-15(14-28)22-16-5-1-3-7-18(16)23(19-8-4-2-6-17(19)22)29-30-24-20-9-11-31-25(20)26-21(24)10-12-32-26/h1-12H. The molecule has 4 nitrogen and oxygen atoms in total. The summed E-state index contributed by atoms with van der Waals surface area (Å²) in [5.41, 5.74) is 7.98. The summed E-state index contributed by atoms with van der Waals surface area (Å²) < 4.78 is 0. The Balaban J connectivity index is 1.62. The Morgan fingerprint density at radius 2 is 1.03 bits per heavy atom. The predicted molar refractivity (Wildman–Crippen MR) is 129 cm³/mol. The number of thiophene rings is 2. The van der Waals surface area contributed by atoms with Crippen LogP contribution in [0.2, 0.25) is 0 Å². The normalized spacial score (nSPS) is 12.8. The molecule has 0 radical (unpaired) electrons. The van der Waals surface area contributed by atoms with Gasteiger partial charge in [-0.05, 0) is 34.0 Å². The molecule has 2 heterocycles. The van der Waals surface area contributed by atoms with Gasteiger partial charge in [-0.2, -0.15) is 10.5 Å². The molecule has 4 aromatic rings. The van der Waals surface area contributed by atoms with E-state index in [1.807, 2.05) is 48.5 Å². The number of fused-ring (bicyclic) bond motifs is 5. The molecule has 0 amide bonds. The van der Waals surface area contributed by atoms with E-state index in [-0.39, 0.29) is 5.57 Å². The average Bonchev–Trinajstić information content (AvgIpc) is 3.54. The van der Waals surface area contributed by atoms with Crippen molar-refractivity contribution in [1.29, 1.82) is 10.5 Å². The van der Waals surface area contributed by atoms with Gasteiger partial charge in [0.05, 0.1) is 9.75 Å². The molecule has 0 fully saturated rings. The molecule has 0 aliphatic heterocycles. The van der Waals surface area contributed by atoms with Gasteiger partial charge < -0.3 is 0 Å². The van der Waals surface area contributed by atoms with E-state index in [0.717, 1.165) is 44.8 Å². The first kappa shape index (κ1) is 18.7. The van der Waals surface area contributed by atoms with Crippen LogP contribution in [0, 0.1) is 22.7 Å². The van der Waals surface area contributed by atoms with Gasteiger partial charge in [-0.15, -0.1) is 32.9 Å². The van der Waals surface area contributed by atoms with Crippen LogP contribution in [0.1, 0.15) is 33.4 Å². The Bertz CT molecular complexity index is 1490. The van der Waals surface area contributed by atoms with E-state index >= 15 is 0 Å². The van der Waals surface area contributed by atoms with E-state index in [9.17, 15) is 10.5 Å². The first-order valence-electron chi connectivity index (χ1n) is 9.87. The van der Waals surface area contributed by atoms with Gasteiger partial charge in [0.2, 0.25) is 0 Å². The highest BCUT2D eigenvalue weighted by Crippen LogP contribution is 2.44. The van der Waals surface area contributed by atoms with Gasteiger partial charge in [0, 0.05) is 27.8 Å². The molecule has 0 atom stereocenters.